The minimum atomic E-state index is -0.189. The van der Waals surface area contributed by atoms with Crippen LogP contribution in [0.1, 0.15) is 4.88 Å². The van der Waals surface area contributed by atoms with Crippen LogP contribution in [0.2, 0.25) is 5.02 Å². The van der Waals surface area contributed by atoms with Crippen molar-refractivity contribution >= 4 is 34.5 Å². The van der Waals surface area contributed by atoms with E-state index in [9.17, 15) is 4.79 Å². The fraction of sp³-hybridized carbons (Fsp3) is 0.286. The van der Waals surface area contributed by atoms with Gasteiger partial charge in [0.15, 0.2) is 0 Å². The highest BCUT2D eigenvalue weighted by molar-refractivity contribution is 7.10. The summed E-state index contributed by atoms with van der Waals surface area (Å²) in [5.74, 6) is -0.189. The molecular formula is C14H16ClN3O2S. The topological polar surface area (TPSA) is 47.4 Å². The van der Waals surface area contributed by atoms with Crippen molar-refractivity contribution in [3.8, 4) is 0 Å². The molecule has 0 unspecified atom stereocenters. The molecule has 0 N–H and O–H groups in total. The third kappa shape index (κ3) is 3.93. The van der Waals surface area contributed by atoms with E-state index < -0.39 is 0 Å². The first-order valence-corrected chi connectivity index (χ1v) is 7.58. The summed E-state index contributed by atoms with van der Waals surface area (Å²) in [6.07, 6.45) is 4.74. The Morgan fingerprint density at radius 1 is 1.67 bits per heavy atom. The highest BCUT2D eigenvalue weighted by Crippen LogP contribution is 2.26. The van der Waals surface area contributed by atoms with Gasteiger partial charge in [-0.1, -0.05) is 18.2 Å². The van der Waals surface area contributed by atoms with Crippen LogP contribution in [0.3, 0.4) is 0 Å². The van der Waals surface area contributed by atoms with Crippen molar-refractivity contribution in [2.75, 3.05) is 18.6 Å². The fourth-order valence-corrected chi connectivity index (χ4v) is 2.87. The van der Waals surface area contributed by atoms with Crippen molar-refractivity contribution < 1.29 is 9.53 Å². The molecule has 2 rings (SSSR count). The molecule has 0 saturated carbocycles. The largest absolute Gasteiger partial charge is 0.383 e. The molecule has 0 aliphatic heterocycles. The number of carbonyl (C=O) groups excluding carboxylic acids is 1. The number of thiophene rings is 1. The Labute approximate surface area is 132 Å². The van der Waals surface area contributed by atoms with Crippen molar-refractivity contribution in [3.05, 3.63) is 46.4 Å². The van der Waals surface area contributed by atoms with Gasteiger partial charge in [0.25, 0.3) is 5.91 Å². The molecule has 0 aliphatic rings. The average Bonchev–Trinajstić information content (AvgIpc) is 3.11. The molecule has 2 heterocycles. The summed E-state index contributed by atoms with van der Waals surface area (Å²) >= 11 is 7.62. The predicted molar refractivity (Wildman–Crippen MR) is 84.8 cm³/mol. The number of ether oxygens (including phenoxy) is 1. The van der Waals surface area contributed by atoms with E-state index in [1.165, 1.54) is 17.4 Å². The summed E-state index contributed by atoms with van der Waals surface area (Å²) in [5.41, 5.74) is 0.709. The van der Waals surface area contributed by atoms with Crippen LogP contribution in [-0.4, -0.2) is 29.4 Å². The number of nitrogens with zero attached hydrogens (tertiary/aromatic N) is 3. The number of carbonyl (C=O) groups is 1. The van der Waals surface area contributed by atoms with Crippen LogP contribution in [0.25, 0.3) is 0 Å². The van der Waals surface area contributed by atoms with Crippen molar-refractivity contribution in [1.82, 2.24) is 9.78 Å². The molecule has 0 atom stereocenters. The molecular weight excluding hydrogens is 310 g/mol. The van der Waals surface area contributed by atoms with Crippen LogP contribution in [0.4, 0.5) is 5.69 Å². The van der Waals surface area contributed by atoms with E-state index in [0.717, 1.165) is 4.88 Å². The lowest BCUT2D eigenvalue weighted by Crippen LogP contribution is -2.28. The SMILES string of the molecule is C=CC(=O)N(Cc1sccc1Cl)c1cnn(CCOC)c1. The summed E-state index contributed by atoms with van der Waals surface area (Å²) < 4.78 is 6.75. The first kappa shape index (κ1) is 15.8. The summed E-state index contributed by atoms with van der Waals surface area (Å²) in [5, 5.41) is 6.78. The standard InChI is InChI=1S/C14H16ClN3O2S/c1-3-14(19)18(10-13-12(15)4-7-21-13)11-8-16-17(9-11)5-6-20-2/h3-4,7-9H,1,5-6,10H2,2H3. The second-order valence-electron chi connectivity index (χ2n) is 4.27. The number of anilines is 1. The third-order valence-electron chi connectivity index (χ3n) is 2.89. The van der Waals surface area contributed by atoms with Crippen molar-refractivity contribution in [2.24, 2.45) is 0 Å². The van der Waals surface area contributed by atoms with Gasteiger partial charge in [-0.2, -0.15) is 5.10 Å². The maximum absolute atomic E-state index is 12.1. The lowest BCUT2D eigenvalue weighted by Gasteiger charge is -2.18. The zero-order valence-electron chi connectivity index (χ0n) is 11.7. The van der Waals surface area contributed by atoms with E-state index in [2.05, 4.69) is 11.7 Å². The molecule has 0 spiro atoms. The van der Waals surface area contributed by atoms with Crippen molar-refractivity contribution in [1.29, 1.82) is 0 Å². The lowest BCUT2D eigenvalue weighted by molar-refractivity contribution is -0.114. The molecule has 2 aromatic rings. The second kappa shape index (κ2) is 7.40. The van der Waals surface area contributed by atoms with Crippen molar-refractivity contribution in [3.63, 3.8) is 0 Å². The molecule has 1 amide bonds. The molecule has 2 aromatic heterocycles. The molecule has 21 heavy (non-hydrogen) atoms. The van der Waals surface area contributed by atoms with E-state index >= 15 is 0 Å². The van der Waals surface area contributed by atoms with Gasteiger partial charge in [0.1, 0.15) is 0 Å². The zero-order chi connectivity index (χ0) is 15.2. The number of hydrogen-bond acceptors (Lipinski definition) is 4. The van der Waals surface area contributed by atoms with Gasteiger partial charge < -0.3 is 9.64 Å². The molecule has 7 heteroatoms. The monoisotopic (exact) mass is 325 g/mol. The predicted octanol–water partition coefficient (Wildman–Crippen LogP) is 2.96. The summed E-state index contributed by atoms with van der Waals surface area (Å²) in [6, 6.07) is 1.82. The quantitative estimate of drug-likeness (QED) is 0.735. The van der Waals surface area contributed by atoms with E-state index in [0.29, 0.717) is 30.4 Å². The number of amides is 1. The maximum atomic E-state index is 12.1. The molecule has 0 saturated heterocycles. The molecule has 0 aliphatic carbocycles. The van der Waals surface area contributed by atoms with E-state index in [1.807, 2.05) is 17.6 Å². The fourth-order valence-electron chi connectivity index (χ4n) is 1.79. The van der Waals surface area contributed by atoms with E-state index in [1.54, 1.807) is 22.9 Å². The van der Waals surface area contributed by atoms with Gasteiger partial charge in [-0.15, -0.1) is 11.3 Å². The highest BCUT2D eigenvalue weighted by atomic mass is 35.5. The number of hydrogen-bond donors (Lipinski definition) is 0. The average molecular weight is 326 g/mol. The Morgan fingerprint density at radius 3 is 3.10 bits per heavy atom. The van der Waals surface area contributed by atoms with Crippen LogP contribution in [-0.2, 0) is 22.6 Å². The van der Waals surface area contributed by atoms with Crippen LogP contribution < -0.4 is 4.90 Å². The zero-order valence-corrected chi connectivity index (χ0v) is 13.2. The van der Waals surface area contributed by atoms with Gasteiger partial charge in [0, 0.05) is 18.2 Å². The van der Waals surface area contributed by atoms with Crippen LogP contribution >= 0.6 is 22.9 Å². The molecule has 5 nitrogen and oxygen atoms in total. The maximum Gasteiger partial charge on any atom is 0.250 e. The number of aromatic nitrogens is 2. The molecule has 0 radical (unpaired) electrons. The van der Waals surface area contributed by atoms with Crippen LogP contribution in [0.15, 0.2) is 36.5 Å². The Kier molecular flexibility index (Phi) is 5.55. The van der Waals surface area contributed by atoms with Crippen molar-refractivity contribution in [2.45, 2.75) is 13.1 Å². The summed E-state index contributed by atoms with van der Waals surface area (Å²) in [4.78, 5) is 14.6. The molecule has 112 valence electrons. The smallest absolute Gasteiger partial charge is 0.250 e. The number of methoxy groups -OCH3 is 1. The van der Waals surface area contributed by atoms with Gasteiger partial charge >= 0.3 is 0 Å². The second-order valence-corrected chi connectivity index (χ2v) is 5.68. The van der Waals surface area contributed by atoms with E-state index in [-0.39, 0.29) is 5.91 Å². The molecule has 0 fully saturated rings. The first-order valence-electron chi connectivity index (χ1n) is 6.33. The molecule has 0 bridgehead atoms. The summed E-state index contributed by atoms with van der Waals surface area (Å²) in [7, 11) is 1.64. The molecule has 0 aromatic carbocycles. The Morgan fingerprint density at radius 2 is 2.48 bits per heavy atom. The van der Waals surface area contributed by atoms with Gasteiger partial charge in [-0.05, 0) is 17.5 Å². The Bertz CT molecular complexity index is 623. The summed E-state index contributed by atoms with van der Waals surface area (Å²) in [6.45, 7) is 5.14. The lowest BCUT2D eigenvalue weighted by atomic mass is 10.3. The minimum absolute atomic E-state index is 0.189. The van der Waals surface area contributed by atoms with Crippen LogP contribution in [0, 0.1) is 0 Å². The number of rotatable bonds is 7. The third-order valence-corrected chi connectivity index (χ3v) is 4.26. The highest BCUT2D eigenvalue weighted by Gasteiger charge is 2.17. The van der Waals surface area contributed by atoms with Gasteiger partial charge in [-0.25, -0.2) is 0 Å². The van der Waals surface area contributed by atoms with Gasteiger partial charge in [0.2, 0.25) is 0 Å². The normalized spacial score (nSPS) is 10.6. The number of halogens is 1. The van der Waals surface area contributed by atoms with Crippen LogP contribution in [0.5, 0.6) is 0 Å². The first-order chi connectivity index (χ1) is 10.2. The minimum Gasteiger partial charge on any atom is -0.383 e. The van der Waals surface area contributed by atoms with E-state index in [4.69, 9.17) is 16.3 Å². The Hall–Kier alpha value is -1.63. The van der Waals surface area contributed by atoms with Gasteiger partial charge in [-0.3, -0.25) is 9.48 Å². The van der Waals surface area contributed by atoms with Gasteiger partial charge in [0.05, 0.1) is 36.6 Å². The Balaban J connectivity index is 2.19.